The Bertz CT molecular complexity index is 749. The fraction of sp³-hybridized carbons (Fsp3) is 0.471. The van der Waals surface area contributed by atoms with Crippen LogP contribution in [0.15, 0.2) is 24.3 Å². The topological polar surface area (TPSA) is 71.8 Å². The van der Waals surface area contributed by atoms with Crippen LogP contribution in [0.1, 0.15) is 48.0 Å². The first-order valence-electron chi connectivity index (χ1n) is 8.46. The van der Waals surface area contributed by atoms with Gasteiger partial charge in [-0.05, 0) is 44.4 Å². The lowest BCUT2D eigenvalue weighted by Gasteiger charge is -2.23. The van der Waals surface area contributed by atoms with Gasteiger partial charge in [-0.25, -0.2) is 9.67 Å². The van der Waals surface area contributed by atoms with E-state index in [2.05, 4.69) is 20.7 Å². The van der Waals surface area contributed by atoms with E-state index in [0.29, 0.717) is 10.9 Å². The van der Waals surface area contributed by atoms with Crippen molar-refractivity contribution in [2.45, 2.75) is 37.6 Å². The van der Waals surface area contributed by atoms with Crippen LogP contribution in [0.4, 0.5) is 0 Å². The summed E-state index contributed by atoms with van der Waals surface area (Å²) in [6.45, 7) is 1.81. The Morgan fingerprint density at radius 1 is 1.29 bits per heavy atom. The monoisotopic (exact) mass is 345 g/mol. The van der Waals surface area contributed by atoms with Gasteiger partial charge in [-0.3, -0.25) is 4.79 Å². The summed E-state index contributed by atoms with van der Waals surface area (Å²) in [5, 5.41) is 11.4. The molecule has 24 heavy (non-hydrogen) atoms. The highest BCUT2D eigenvalue weighted by Crippen LogP contribution is 2.40. The van der Waals surface area contributed by atoms with Crippen molar-refractivity contribution in [2.75, 3.05) is 13.1 Å². The molecule has 2 aromatic rings. The maximum atomic E-state index is 12.5. The molecule has 1 aromatic carbocycles. The number of piperidine rings is 1. The Labute approximate surface area is 145 Å². The molecule has 1 amide bonds. The first kappa shape index (κ1) is 15.6. The predicted molar refractivity (Wildman–Crippen MR) is 91.7 cm³/mol. The maximum absolute atomic E-state index is 12.5. The van der Waals surface area contributed by atoms with Crippen molar-refractivity contribution in [1.29, 1.82) is 0 Å². The van der Waals surface area contributed by atoms with Gasteiger partial charge >= 0.3 is 0 Å². The second kappa shape index (κ2) is 6.53. The molecule has 4 rings (SSSR count). The second-order valence-electron chi connectivity index (χ2n) is 6.45. The summed E-state index contributed by atoms with van der Waals surface area (Å²) in [4.78, 5) is 17.0. The highest BCUT2D eigenvalue weighted by molar-refractivity contribution is 6.32. The van der Waals surface area contributed by atoms with Crippen molar-refractivity contribution in [3.8, 4) is 5.69 Å². The molecule has 1 saturated heterocycles. The van der Waals surface area contributed by atoms with Crippen molar-refractivity contribution < 1.29 is 4.79 Å². The average Bonchev–Trinajstić information content (AvgIpc) is 3.35. The minimum atomic E-state index is -0.212. The van der Waals surface area contributed by atoms with Gasteiger partial charge in [0.05, 0.1) is 10.7 Å². The van der Waals surface area contributed by atoms with E-state index in [1.807, 2.05) is 24.3 Å². The number of hydrogen-bond acceptors (Lipinski definition) is 4. The molecule has 2 heterocycles. The third-order valence-corrected chi connectivity index (χ3v) is 4.81. The smallest absolute Gasteiger partial charge is 0.291 e. The van der Waals surface area contributed by atoms with E-state index in [0.717, 1.165) is 50.3 Å². The van der Waals surface area contributed by atoms with Crippen LogP contribution in [-0.4, -0.2) is 39.8 Å². The molecule has 1 saturated carbocycles. The third-order valence-electron chi connectivity index (χ3n) is 4.49. The van der Waals surface area contributed by atoms with Crippen LogP contribution >= 0.6 is 11.6 Å². The summed E-state index contributed by atoms with van der Waals surface area (Å²) in [5.74, 6) is 1.21. The van der Waals surface area contributed by atoms with Gasteiger partial charge in [0, 0.05) is 18.5 Å². The van der Waals surface area contributed by atoms with Crippen LogP contribution < -0.4 is 10.6 Å². The Kier molecular flexibility index (Phi) is 4.24. The van der Waals surface area contributed by atoms with Gasteiger partial charge in [0.1, 0.15) is 5.82 Å². The fourth-order valence-corrected chi connectivity index (χ4v) is 3.27. The van der Waals surface area contributed by atoms with Crippen LogP contribution in [0.25, 0.3) is 5.69 Å². The van der Waals surface area contributed by atoms with Gasteiger partial charge in [-0.15, -0.1) is 5.10 Å². The molecule has 1 aromatic heterocycles. The lowest BCUT2D eigenvalue weighted by Crippen LogP contribution is -2.45. The summed E-state index contributed by atoms with van der Waals surface area (Å²) in [7, 11) is 0. The number of nitrogens with one attached hydrogen (secondary N) is 2. The Balaban J connectivity index is 1.61. The minimum Gasteiger partial charge on any atom is -0.345 e. The predicted octanol–water partition coefficient (Wildman–Crippen LogP) is 2.28. The molecule has 1 atom stereocenters. The minimum absolute atomic E-state index is 0.142. The van der Waals surface area contributed by atoms with E-state index < -0.39 is 0 Å². The first-order valence-corrected chi connectivity index (χ1v) is 8.83. The zero-order valence-corrected chi connectivity index (χ0v) is 14.1. The number of nitrogens with zero attached hydrogens (tertiary/aromatic N) is 3. The van der Waals surface area contributed by atoms with E-state index in [1.165, 1.54) is 0 Å². The van der Waals surface area contributed by atoms with E-state index in [-0.39, 0.29) is 17.8 Å². The molecule has 0 unspecified atom stereocenters. The average molecular weight is 346 g/mol. The molecule has 0 spiro atoms. The number of hydrogen-bond donors (Lipinski definition) is 2. The summed E-state index contributed by atoms with van der Waals surface area (Å²) in [6.07, 6.45) is 4.21. The van der Waals surface area contributed by atoms with Crippen molar-refractivity contribution in [3.05, 3.63) is 40.9 Å². The Morgan fingerprint density at radius 2 is 2.12 bits per heavy atom. The molecule has 2 N–H and O–H groups in total. The number of para-hydroxylation sites is 1. The molecule has 2 fully saturated rings. The molecule has 0 bridgehead atoms. The third kappa shape index (κ3) is 3.16. The largest absolute Gasteiger partial charge is 0.345 e. The number of benzene rings is 1. The Hall–Kier alpha value is -1.92. The van der Waals surface area contributed by atoms with Gasteiger partial charge < -0.3 is 10.6 Å². The molecule has 1 aliphatic carbocycles. The number of aromatic nitrogens is 3. The molecule has 1 aliphatic heterocycles. The quantitative estimate of drug-likeness (QED) is 0.891. The fourth-order valence-electron chi connectivity index (χ4n) is 3.05. The van der Waals surface area contributed by atoms with Crippen molar-refractivity contribution in [2.24, 2.45) is 0 Å². The lowest BCUT2D eigenvalue weighted by molar-refractivity contribution is 0.0920. The van der Waals surface area contributed by atoms with E-state index in [1.54, 1.807) is 4.68 Å². The molecular weight excluding hydrogens is 326 g/mol. The Morgan fingerprint density at radius 3 is 2.83 bits per heavy atom. The second-order valence-corrected chi connectivity index (χ2v) is 6.86. The van der Waals surface area contributed by atoms with Crippen LogP contribution in [0.5, 0.6) is 0 Å². The highest BCUT2D eigenvalue weighted by Gasteiger charge is 2.32. The van der Waals surface area contributed by atoms with Gasteiger partial charge in [-0.2, -0.15) is 0 Å². The number of carbonyl (C=O) groups is 1. The zero-order chi connectivity index (χ0) is 16.5. The van der Waals surface area contributed by atoms with Crippen molar-refractivity contribution in [1.82, 2.24) is 25.4 Å². The number of rotatable bonds is 4. The van der Waals surface area contributed by atoms with Gasteiger partial charge in [0.15, 0.2) is 0 Å². The number of halogens is 1. The zero-order valence-electron chi connectivity index (χ0n) is 13.3. The van der Waals surface area contributed by atoms with Gasteiger partial charge in [0.25, 0.3) is 5.91 Å². The SMILES string of the molecule is O=C(N[C@H]1CCCNC1)c1nc(C2CC2)n(-c2ccccc2Cl)n1. The van der Waals surface area contributed by atoms with E-state index in [9.17, 15) is 4.79 Å². The molecular formula is C17H20ClN5O. The van der Waals surface area contributed by atoms with Crippen molar-refractivity contribution >= 4 is 17.5 Å². The molecule has 7 heteroatoms. The highest BCUT2D eigenvalue weighted by atomic mass is 35.5. The standard InChI is InChI=1S/C17H20ClN5O/c18-13-5-1-2-6-14(13)23-16(11-7-8-11)21-15(22-23)17(24)20-12-4-3-9-19-10-12/h1-2,5-6,11-12,19H,3-4,7-10H2,(H,20,24)/t12-/m0/s1. The summed E-state index contributed by atoms with van der Waals surface area (Å²) in [5.41, 5.74) is 0.770. The van der Waals surface area contributed by atoms with Gasteiger partial charge in [-0.1, -0.05) is 23.7 Å². The van der Waals surface area contributed by atoms with Crippen molar-refractivity contribution in [3.63, 3.8) is 0 Å². The molecule has 0 radical (unpaired) electrons. The van der Waals surface area contributed by atoms with Crippen LogP contribution in [-0.2, 0) is 0 Å². The summed E-state index contributed by atoms with van der Waals surface area (Å²) >= 11 is 6.30. The lowest BCUT2D eigenvalue weighted by atomic mass is 10.1. The summed E-state index contributed by atoms with van der Waals surface area (Å²) < 4.78 is 1.73. The van der Waals surface area contributed by atoms with Gasteiger partial charge in [0.2, 0.25) is 5.82 Å². The van der Waals surface area contributed by atoms with Crippen LogP contribution in [0.2, 0.25) is 5.02 Å². The van der Waals surface area contributed by atoms with Crippen LogP contribution in [0.3, 0.4) is 0 Å². The maximum Gasteiger partial charge on any atom is 0.291 e. The number of amides is 1. The summed E-state index contributed by atoms with van der Waals surface area (Å²) in [6, 6.07) is 7.65. The van der Waals surface area contributed by atoms with E-state index >= 15 is 0 Å². The normalized spacial score (nSPS) is 20.8. The van der Waals surface area contributed by atoms with Crippen LogP contribution in [0, 0.1) is 0 Å². The molecule has 6 nitrogen and oxygen atoms in total. The molecule has 2 aliphatic rings. The van der Waals surface area contributed by atoms with E-state index in [4.69, 9.17) is 11.6 Å². The number of carbonyl (C=O) groups excluding carboxylic acids is 1. The molecule has 126 valence electrons. The first-order chi connectivity index (χ1) is 11.7.